The van der Waals surface area contributed by atoms with Gasteiger partial charge in [0.05, 0.1) is 0 Å². The highest BCUT2D eigenvalue weighted by Gasteiger charge is 2.09. The monoisotopic (exact) mass is 182 g/mol. The molecule has 10 heavy (non-hydrogen) atoms. The summed E-state index contributed by atoms with van der Waals surface area (Å²) < 4.78 is 0. The van der Waals surface area contributed by atoms with Gasteiger partial charge in [0.1, 0.15) is 0 Å². The molecule has 2 heteroatoms. The smallest absolute Gasteiger partial charge is 0.0497 e. The van der Waals surface area contributed by atoms with Crippen molar-refractivity contribution in [1.29, 1.82) is 0 Å². The predicted octanol–water partition coefficient (Wildman–Crippen LogP) is 3.80. The fourth-order valence-corrected chi connectivity index (χ4v) is 1.10. The van der Waals surface area contributed by atoms with E-state index in [-0.39, 0.29) is 10.8 Å². The molecular formula is C8H16Cl2. The molecule has 0 nitrogen and oxygen atoms in total. The van der Waals surface area contributed by atoms with E-state index in [9.17, 15) is 0 Å². The third kappa shape index (κ3) is 5.37. The Balaban J connectivity index is 3.13. The lowest BCUT2D eigenvalue weighted by Crippen LogP contribution is -2.10. The average Bonchev–Trinajstić information content (AvgIpc) is 1.88. The van der Waals surface area contributed by atoms with Crippen LogP contribution in [0.5, 0.6) is 0 Å². The molecule has 0 amide bonds. The number of hydrogen-bond donors (Lipinski definition) is 0. The fourth-order valence-electron chi connectivity index (χ4n) is 0.819. The molecule has 0 spiro atoms. The molecule has 0 aromatic heterocycles. The van der Waals surface area contributed by atoms with Gasteiger partial charge in [0.2, 0.25) is 0 Å². The van der Waals surface area contributed by atoms with E-state index in [4.69, 9.17) is 23.2 Å². The van der Waals surface area contributed by atoms with Crippen LogP contribution in [0.15, 0.2) is 0 Å². The highest BCUT2D eigenvalue weighted by atomic mass is 35.5. The maximum absolute atomic E-state index is 5.92. The summed E-state index contributed by atoms with van der Waals surface area (Å²) in [6, 6.07) is 0. The lowest BCUT2D eigenvalue weighted by Gasteiger charge is -2.09. The van der Waals surface area contributed by atoms with E-state index in [1.165, 1.54) is 19.3 Å². The Bertz CT molecular complexity index is 71.7. The summed E-state index contributed by atoms with van der Waals surface area (Å²) in [5, 5.41) is 0.270. The zero-order valence-electron chi connectivity index (χ0n) is 6.74. The molecule has 0 rings (SSSR count). The maximum Gasteiger partial charge on any atom is 0.0497 e. The van der Waals surface area contributed by atoms with Crippen molar-refractivity contribution in [3.05, 3.63) is 0 Å². The number of unbranched alkanes of at least 4 members (excludes halogenated alkanes) is 2. The van der Waals surface area contributed by atoms with Crippen LogP contribution in [0.4, 0.5) is 0 Å². The van der Waals surface area contributed by atoms with Gasteiger partial charge in [0.15, 0.2) is 0 Å². The Kier molecular flexibility index (Phi) is 6.67. The van der Waals surface area contributed by atoms with Gasteiger partial charge in [-0.25, -0.2) is 0 Å². The van der Waals surface area contributed by atoms with Gasteiger partial charge in [-0.2, -0.15) is 0 Å². The quantitative estimate of drug-likeness (QED) is 0.449. The number of alkyl halides is 2. The molecule has 0 aliphatic rings. The Morgan fingerprint density at radius 3 is 2.20 bits per heavy atom. The molecule has 0 bridgehead atoms. The van der Waals surface area contributed by atoms with E-state index < -0.39 is 0 Å². The van der Waals surface area contributed by atoms with Gasteiger partial charge < -0.3 is 0 Å². The maximum atomic E-state index is 5.92. The van der Waals surface area contributed by atoms with Crippen LogP contribution < -0.4 is 0 Å². The molecule has 2 atom stereocenters. The first-order chi connectivity index (χ1) is 4.68. The Morgan fingerprint density at radius 2 is 1.80 bits per heavy atom. The summed E-state index contributed by atoms with van der Waals surface area (Å²) >= 11 is 11.7. The lowest BCUT2D eigenvalue weighted by atomic mass is 10.1. The molecule has 62 valence electrons. The van der Waals surface area contributed by atoms with Crippen LogP contribution >= 0.6 is 23.2 Å². The van der Waals surface area contributed by atoms with Gasteiger partial charge >= 0.3 is 0 Å². The van der Waals surface area contributed by atoms with E-state index in [1.54, 1.807) is 0 Å². The van der Waals surface area contributed by atoms with Crippen LogP contribution in [0.25, 0.3) is 0 Å². The van der Waals surface area contributed by atoms with Crippen molar-refractivity contribution in [3.63, 3.8) is 0 Å². The summed E-state index contributed by atoms with van der Waals surface area (Å²) in [6.45, 7) is 4.14. The molecule has 0 aliphatic heterocycles. The molecule has 0 aromatic rings. The van der Waals surface area contributed by atoms with Crippen LogP contribution in [0.2, 0.25) is 0 Å². The average molecular weight is 183 g/mol. The minimum atomic E-state index is 0.110. The Morgan fingerprint density at radius 1 is 1.20 bits per heavy atom. The lowest BCUT2D eigenvalue weighted by molar-refractivity contribution is 0.634. The Labute approximate surface area is 73.9 Å². The van der Waals surface area contributed by atoms with Crippen LogP contribution in [0, 0.1) is 0 Å². The highest BCUT2D eigenvalue weighted by molar-refractivity contribution is 6.29. The van der Waals surface area contributed by atoms with Crippen molar-refractivity contribution in [3.8, 4) is 0 Å². The van der Waals surface area contributed by atoms with E-state index in [0.717, 1.165) is 6.42 Å². The highest BCUT2D eigenvalue weighted by Crippen LogP contribution is 2.16. The van der Waals surface area contributed by atoms with Gasteiger partial charge in [0.25, 0.3) is 0 Å². The molecule has 0 saturated heterocycles. The molecule has 0 N–H and O–H groups in total. The predicted molar refractivity (Wildman–Crippen MR) is 49.1 cm³/mol. The van der Waals surface area contributed by atoms with E-state index in [2.05, 4.69) is 6.92 Å². The van der Waals surface area contributed by atoms with Crippen molar-refractivity contribution < 1.29 is 0 Å². The van der Waals surface area contributed by atoms with Crippen LogP contribution in [-0.4, -0.2) is 10.8 Å². The molecule has 0 heterocycles. The third-order valence-corrected chi connectivity index (χ3v) is 2.61. The minimum absolute atomic E-state index is 0.110. The second-order valence-electron chi connectivity index (χ2n) is 2.69. The van der Waals surface area contributed by atoms with Crippen LogP contribution in [-0.2, 0) is 0 Å². The van der Waals surface area contributed by atoms with Crippen LogP contribution in [0.1, 0.15) is 39.5 Å². The number of rotatable bonds is 5. The number of halogens is 2. The summed E-state index contributed by atoms with van der Waals surface area (Å²) in [5.41, 5.74) is 0. The van der Waals surface area contributed by atoms with Gasteiger partial charge in [-0.05, 0) is 13.3 Å². The standard InChI is InChI=1S/C8H16Cl2/c1-3-4-5-6-8(10)7(2)9/h7-8H,3-6H2,1-2H3/t7-,8+/m1/s1. The fraction of sp³-hybridized carbons (Fsp3) is 1.00. The van der Waals surface area contributed by atoms with Crippen molar-refractivity contribution in [1.82, 2.24) is 0 Å². The first-order valence-corrected chi connectivity index (χ1v) is 4.84. The summed E-state index contributed by atoms with van der Waals surface area (Å²) in [7, 11) is 0. The molecule has 0 saturated carbocycles. The first-order valence-electron chi connectivity index (χ1n) is 3.96. The number of hydrogen-bond acceptors (Lipinski definition) is 0. The normalized spacial score (nSPS) is 16.8. The second-order valence-corrected chi connectivity index (χ2v) is 3.94. The van der Waals surface area contributed by atoms with Crippen molar-refractivity contribution in [2.45, 2.75) is 50.3 Å². The summed E-state index contributed by atoms with van der Waals surface area (Å²) in [4.78, 5) is 0. The van der Waals surface area contributed by atoms with Crippen molar-refractivity contribution in [2.24, 2.45) is 0 Å². The zero-order valence-corrected chi connectivity index (χ0v) is 8.25. The second kappa shape index (κ2) is 6.30. The first kappa shape index (κ1) is 10.6. The largest absolute Gasteiger partial charge is 0.122 e. The molecule has 0 aliphatic carbocycles. The van der Waals surface area contributed by atoms with E-state index in [0.29, 0.717) is 0 Å². The molecular weight excluding hydrogens is 167 g/mol. The zero-order chi connectivity index (χ0) is 7.98. The third-order valence-electron chi connectivity index (χ3n) is 1.58. The molecule has 0 aromatic carbocycles. The topological polar surface area (TPSA) is 0 Å². The summed E-state index contributed by atoms with van der Waals surface area (Å²) in [6.07, 6.45) is 4.79. The van der Waals surface area contributed by atoms with Crippen molar-refractivity contribution in [2.75, 3.05) is 0 Å². The molecule has 0 fully saturated rings. The van der Waals surface area contributed by atoms with Crippen molar-refractivity contribution >= 4 is 23.2 Å². The van der Waals surface area contributed by atoms with Gasteiger partial charge in [-0.1, -0.05) is 26.2 Å². The van der Waals surface area contributed by atoms with Gasteiger partial charge in [0, 0.05) is 10.8 Å². The molecule has 0 unspecified atom stereocenters. The Hall–Kier alpha value is 0.580. The van der Waals surface area contributed by atoms with Gasteiger partial charge in [-0.15, -0.1) is 23.2 Å². The SMILES string of the molecule is CCCCC[C@H](Cl)[C@@H](C)Cl. The summed E-state index contributed by atoms with van der Waals surface area (Å²) in [5.74, 6) is 0. The van der Waals surface area contributed by atoms with E-state index >= 15 is 0 Å². The van der Waals surface area contributed by atoms with Crippen LogP contribution in [0.3, 0.4) is 0 Å². The van der Waals surface area contributed by atoms with E-state index in [1.807, 2.05) is 6.92 Å². The molecule has 0 radical (unpaired) electrons. The van der Waals surface area contributed by atoms with Gasteiger partial charge in [-0.3, -0.25) is 0 Å². The minimum Gasteiger partial charge on any atom is -0.122 e.